The fourth-order valence-electron chi connectivity index (χ4n) is 7.32. The highest BCUT2D eigenvalue weighted by molar-refractivity contribution is 6.26. The van der Waals surface area contributed by atoms with Crippen LogP contribution in [0.5, 0.6) is 0 Å². The van der Waals surface area contributed by atoms with Crippen LogP contribution in [-0.2, 0) is 5.41 Å². The van der Waals surface area contributed by atoms with Crippen LogP contribution in [0.25, 0.3) is 72.4 Å². The van der Waals surface area contributed by atoms with Crippen LogP contribution in [-0.4, -0.2) is 19.5 Å². The minimum atomic E-state index is -0.142. The topological polar surface area (TPSA) is 43.6 Å². The Balaban J connectivity index is 1.48. The lowest BCUT2D eigenvalue weighted by molar-refractivity contribution is 0.666. The molecule has 0 fully saturated rings. The summed E-state index contributed by atoms with van der Waals surface area (Å²) in [6.07, 6.45) is 0. The molecule has 0 saturated carbocycles. The van der Waals surface area contributed by atoms with E-state index in [2.05, 4.69) is 115 Å². The lowest BCUT2D eigenvalue weighted by Crippen LogP contribution is -2.15. The van der Waals surface area contributed by atoms with E-state index in [0.29, 0.717) is 17.6 Å². The molecular weight excluding hydrogens is 536 g/mol. The SMILES string of the molecule is CC1(C)c2ccccc2-c2c1c1ccccc1c1c2c2ccccc2n1-c1nc(-c2ccccc2)nc(-c2ccccc2)n1. The number of benzene rings is 6. The van der Waals surface area contributed by atoms with Gasteiger partial charge in [-0.15, -0.1) is 0 Å². The van der Waals surface area contributed by atoms with E-state index >= 15 is 0 Å². The van der Waals surface area contributed by atoms with Crippen molar-refractivity contribution in [3.8, 4) is 39.9 Å². The minimum Gasteiger partial charge on any atom is -0.277 e. The Morgan fingerprint density at radius 1 is 0.523 bits per heavy atom. The van der Waals surface area contributed by atoms with E-state index in [1.165, 1.54) is 43.8 Å². The summed E-state index contributed by atoms with van der Waals surface area (Å²) in [6.45, 7) is 4.72. The van der Waals surface area contributed by atoms with Crippen LogP contribution in [0, 0.1) is 0 Å². The molecule has 0 spiro atoms. The van der Waals surface area contributed by atoms with E-state index in [0.717, 1.165) is 22.2 Å². The van der Waals surface area contributed by atoms with Gasteiger partial charge in [0.05, 0.1) is 11.0 Å². The van der Waals surface area contributed by atoms with Crippen molar-refractivity contribution < 1.29 is 0 Å². The summed E-state index contributed by atoms with van der Waals surface area (Å²) in [5, 5.41) is 4.90. The van der Waals surface area contributed by atoms with E-state index in [4.69, 9.17) is 15.0 Å². The molecule has 0 unspecified atom stereocenters. The van der Waals surface area contributed by atoms with Gasteiger partial charge in [-0.05, 0) is 33.7 Å². The Labute approximate surface area is 255 Å². The summed E-state index contributed by atoms with van der Waals surface area (Å²) in [6, 6.07) is 46.8. The third-order valence-electron chi connectivity index (χ3n) is 9.21. The highest BCUT2D eigenvalue weighted by Crippen LogP contribution is 2.56. The van der Waals surface area contributed by atoms with Crippen LogP contribution in [0.4, 0.5) is 0 Å². The molecule has 1 aliphatic rings. The van der Waals surface area contributed by atoms with Crippen molar-refractivity contribution in [3.05, 3.63) is 145 Å². The fourth-order valence-corrected chi connectivity index (χ4v) is 7.32. The van der Waals surface area contributed by atoms with Crippen molar-refractivity contribution in [2.75, 3.05) is 0 Å². The van der Waals surface area contributed by atoms with Gasteiger partial charge in [-0.1, -0.05) is 141 Å². The Hall–Kier alpha value is -5.61. The number of aromatic nitrogens is 4. The van der Waals surface area contributed by atoms with Gasteiger partial charge in [0.1, 0.15) is 0 Å². The molecule has 2 aromatic heterocycles. The molecule has 9 rings (SSSR count). The highest BCUT2D eigenvalue weighted by atomic mass is 15.2. The monoisotopic (exact) mass is 564 g/mol. The zero-order valence-electron chi connectivity index (χ0n) is 24.5. The Bertz CT molecular complexity index is 2350. The average molecular weight is 565 g/mol. The number of rotatable bonds is 3. The van der Waals surface area contributed by atoms with E-state index < -0.39 is 0 Å². The molecule has 4 heteroatoms. The molecule has 0 atom stereocenters. The molecule has 0 saturated heterocycles. The lowest BCUT2D eigenvalue weighted by atomic mass is 9.79. The first-order valence-corrected chi connectivity index (χ1v) is 15.1. The smallest absolute Gasteiger partial charge is 0.238 e. The van der Waals surface area contributed by atoms with Crippen molar-refractivity contribution in [2.45, 2.75) is 19.3 Å². The van der Waals surface area contributed by atoms with Gasteiger partial charge in [-0.25, -0.2) is 4.98 Å². The zero-order chi connectivity index (χ0) is 29.4. The second-order valence-electron chi connectivity index (χ2n) is 12.1. The second kappa shape index (κ2) is 9.19. The maximum atomic E-state index is 5.19. The van der Waals surface area contributed by atoms with E-state index in [-0.39, 0.29) is 5.41 Å². The van der Waals surface area contributed by atoms with Gasteiger partial charge >= 0.3 is 0 Å². The summed E-state index contributed by atoms with van der Waals surface area (Å²) in [4.78, 5) is 15.3. The predicted octanol–water partition coefficient (Wildman–Crippen LogP) is 9.76. The summed E-state index contributed by atoms with van der Waals surface area (Å²) >= 11 is 0. The molecule has 0 aliphatic heterocycles. The summed E-state index contributed by atoms with van der Waals surface area (Å²) < 4.78 is 2.27. The van der Waals surface area contributed by atoms with Crippen molar-refractivity contribution in [1.82, 2.24) is 19.5 Å². The van der Waals surface area contributed by atoms with Crippen LogP contribution >= 0.6 is 0 Å². The van der Waals surface area contributed by atoms with Crippen LogP contribution in [0.2, 0.25) is 0 Å². The molecule has 4 nitrogen and oxygen atoms in total. The maximum absolute atomic E-state index is 5.19. The van der Waals surface area contributed by atoms with Crippen molar-refractivity contribution >= 4 is 32.6 Å². The third-order valence-corrected chi connectivity index (χ3v) is 9.21. The normalized spacial score (nSPS) is 13.4. The summed E-state index contributed by atoms with van der Waals surface area (Å²) in [5.74, 6) is 1.91. The molecule has 0 amide bonds. The molecular formula is C40H28N4. The molecule has 1 aliphatic carbocycles. The Morgan fingerprint density at radius 3 is 1.75 bits per heavy atom. The summed E-state index contributed by atoms with van der Waals surface area (Å²) in [5.41, 5.74) is 9.33. The van der Waals surface area contributed by atoms with Crippen LogP contribution < -0.4 is 0 Å². The van der Waals surface area contributed by atoms with E-state index in [9.17, 15) is 0 Å². The van der Waals surface area contributed by atoms with Gasteiger partial charge in [-0.2, -0.15) is 9.97 Å². The molecule has 208 valence electrons. The van der Waals surface area contributed by atoms with E-state index in [1.807, 2.05) is 36.4 Å². The largest absolute Gasteiger partial charge is 0.277 e. The van der Waals surface area contributed by atoms with Gasteiger partial charge in [-0.3, -0.25) is 4.57 Å². The predicted molar refractivity (Wildman–Crippen MR) is 180 cm³/mol. The molecule has 8 aromatic rings. The van der Waals surface area contributed by atoms with Gasteiger partial charge in [0.15, 0.2) is 11.6 Å². The molecule has 6 aromatic carbocycles. The first-order chi connectivity index (χ1) is 21.6. The minimum absolute atomic E-state index is 0.142. The van der Waals surface area contributed by atoms with Gasteiger partial charge in [0.25, 0.3) is 0 Å². The van der Waals surface area contributed by atoms with Gasteiger partial charge in [0.2, 0.25) is 5.95 Å². The van der Waals surface area contributed by atoms with Crippen LogP contribution in [0.15, 0.2) is 133 Å². The van der Waals surface area contributed by atoms with Crippen molar-refractivity contribution in [1.29, 1.82) is 0 Å². The number of fused-ring (bicyclic) bond motifs is 10. The first kappa shape index (κ1) is 24.9. The quantitative estimate of drug-likeness (QED) is 0.215. The van der Waals surface area contributed by atoms with Gasteiger partial charge in [0, 0.05) is 32.7 Å². The second-order valence-corrected chi connectivity index (χ2v) is 12.1. The average Bonchev–Trinajstić information content (AvgIpc) is 3.55. The Kier molecular flexibility index (Phi) is 5.21. The van der Waals surface area contributed by atoms with Crippen molar-refractivity contribution in [3.63, 3.8) is 0 Å². The Morgan fingerprint density at radius 2 is 1.07 bits per heavy atom. The number of para-hydroxylation sites is 1. The number of nitrogens with zero attached hydrogens (tertiary/aromatic N) is 4. The highest BCUT2D eigenvalue weighted by Gasteiger charge is 2.39. The third kappa shape index (κ3) is 3.42. The fraction of sp³-hybridized carbons (Fsp3) is 0.0750. The molecule has 0 radical (unpaired) electrons. The van der Waals surface area contributed by atoms with Crippen LogP contribution in [0.3, 0.4) is 0 Å². The van der Waals surface area contributed by atoms with Crippen molar-refractivity contribution in [2.24, 2.45) is 0 Å². The zero-order valence-corrected chi connectivity index (χ0v) is 24.5. The lowest BCUT2D eigenvalue weighted by Gasteiger charge is -2.23. The summed E-state index contributed by atoms with van der Waals surface area (Å²) in [7, 11) is 0. The van der Waals surface area contributed by atoms with E-state index in [1.54, 1.807) is 0 Å². The molecule has 2 heterocycles. The number of hydrogen-bond acceptors (Lipinski definition) is 3. The molecule has 0 bridgehead atoms. The first-order valence-electron chi connectivity index (χ1n) is 15.1. The standard InChI is InChI=1S/C40H28N4/c1-40(2)31-23-13-11-21-29(31)33-34-30-22-12-14-24-32(30)44(36(34)28-20-10-9-19-27(28)35(33)40)39-42-37(25-15-5-3-6-16-25)41-38(43-39)26-17-7-4-8-18-26/h3-24H,1-2H3. The number of hydrogen-bond donors (Lipinski definition) is 0. The molecule has 44 heavy (non-hydrogen) atoms. The maximum Gasteiger partial charge on any atom is 0.238 e. The molecule has 0 N–H and O–H groups in total. The van der Waals surface area contributed by atoms with Crippen LogP contribution in [0.1, 0.15) is 25.0 Å². The van der Waals surface area contributed by atoms with Gasteiger partial charge < -0.3 is 0 Å².